The summed E-state index contributed by atoms with van der Waals surface area (Å²) in [5.74, 6) is 0. The third-order valence-electron chi connectivity index (χ3n) is 1.26. The summed E-state index contributed by atoms with van der Waals surface area (Å²) in [4.78, 5) is 0. The maximum Gasteiger partial charge on any atom is 0.416 e. The molecule has 0 bridgehead atoms. The van der Waals surface area contributed by atoms with Crippen molar-refractivity contribution in [3.05, 3.63) is 36.5 Å². The first-order valence-electron chi connectivity index (χ1n) is 3.79. The van der Waals surface area contributed by atoms with Crippen molar-refractivity contribution in [2.75, 3.05) is 6.54 Å². The summed E-state index contributed by atoms with van der Waals surface area (Å²) in [6.07, 6.45) is 0.545. The maximum atomic E-state index is 12.1. The Labute approximate surface area is 75.4 Å². The fraction of sp³-hybridized carbons (Fsp3) is 0.333. The van der Waals surface area contributed by atoms with Crippen LogP contribution in [0.5, 0.6) is 0 Å². The molecule has 0 rings (SSSR count). The number of nitrogens with two attached hydrogens (primary N) is 1. The van der Waals surface area contributed by atoms with Crippen molar-refractivity contribution in [3.8, 4) is 0 Å². The predicted molar refractivity (Wildman–Crippen MR) is 47.1 cm³/mol. The van der Waals surface area contributed by atoms with E-state index in [0.29, 0.717) is 13.0 Å². The lowest BCUT2D eigenvalue weighted by Gasteiger charge is -2.05. The first-order valence-corrected chi connectivity index (χ1v) is 3.79. The lowest BCUT2D eigenvalue weighted by atomic mass is 10.2. The van der Waals surface area contributed by atoms with E-state index in [1.165, 1.54) is 6.08 Å². The Bertz CT molecular complexity index is 213. The van der Waals surface area contributed by atoms with Crippen LogP contribution in [0.2, 0.25) is 0 Å². The molecule has 0 saturated carbocycles. The van der Waals surface area contributed by atoms with E-state index in [0.717, 1.165) is 18.2 Å². The summed E-state index contributed by atoms with van der Waals surface area (Å²) in [7, 11) is 0. The Morgan fingerprint density at radius 3 is 2.38 bits per heavy atom. The normalized spacial score (nSPS) is 13.7. The molecule has 0 aliphatic carbocycles. The van der Waals surface area contributed by atoms with Gasteiger partial charge in [-0.15, -0.1) is 0 Å². The average molecular weight is 191 g/mol. The van der Waals surface area contributed by atoms with Crippen LogP contribution in [0.4, 0.5) is 13.2 Å². The van der Waals surface area contributed by atoms with Gasteiger partial charge in [0.2, 0.25) is 0 Å². The van der Waals surface area contributed by atoms with Gasteiger partial charge < -0.3 is 5.73 Å². The van der Waals surface area contributed by atoms with Gasteiger partial charge in [-0.3, -0.25) is 0 Å². The SMILES string of the molecule is C=C/C=C(\C=C\CCN)C(F)(F)F. The standard InChI is InChI=1S/C9H12F3N/c1-2-5-8(9(10,11)12)6-3-4-7-13/h2-3,5-6H,1,4,7,13H2/b6-3+,8-5+. The Morgan fingerprint density at radius 2 is 2.00 bits per heavy atom. The van der Waals surface area contributed by atoms with E-state index in [1.54, 1.807) is 0 Å². The zero-order valence-electron chi connectivity index (χ0n) is 7.14. The quantitative estimate of drug-likeness (QED) is 0.679. The van der Waals surface area contributed by atoms with Crippen molar-refractivity contribution in [1.82, 2.24) is 0 Å². The van der Waals surface area contributed by atoms with Crippen molar-refractivity contribution >= 4 is 0 Å². The number of allylic oxidation sites excluding steroid dienone is 4. The molecule has 0 spiro atoms. The zero-order valence-corrected chi connectivity index (χ0v) is 7.14. The summed E-state index contributed by atoms with van der Waals surface area (Å²) >= 11 is 0. The summed E-state index contributed by atoms with van der Waals surface area (Å²) in [6, 6.07) is 0. The molecule has 0 aromatic rings. The third-order valence-corrected chi connectivity index (χ3v) is 1.26. The molecule has 0 aromatic heterocycles. The van der Waals surface area contributed by atoms with Gasteiger partial charge in [-0.2, -0.15) is 13.2 Å². The van der Waals surface area contributed by atoms with E-state index in [1.807, 2.05) is 0 Å². The fourth-order valence-corrected chi connectivity index (χ4v) is 0.678. The molecule has 0 aliphatic rings. The second-order valence-electron chi connectivity index (χ2n) is 2.34. The lowest BCUT2D eigenvalue weighted by Crippen LogP contribution is -2.09. The Balaban J connectivity index is 4.46. The largest absolute Gasteiger partial charge is 0.416 e. The van der Waals surface area contributed by atoms with Crippen LogP contribution in [0.15, 0.2) is 36.5 Å². The van der Waals surface area contributed by atoms with Crippen LogP contribution >= 0.6 is 0 Å². The van der Waals surface area contributed by atoms with Gasteiger partial charge in [0.25, 0.3) is 0 Å². The highest BCUT2D eigenvalue weighted by Gasteiger charge is 2.30. The van der Waals surface area contributed by atoms with Gasteiger partial charge >= 0.3 is 6.18 Å². The van der Waals surface area contributed by atoms with Crippen molar-refractivity contribution in [2.45, 2.75) is 12.6 Å². The van der Waals surface area contributed by atoms with Crippen LogP contribution in [-0.2, 0) is 0 Å². The van der Waals surface area contributed by atoms with E-state index in [2.05, 4.69) is 6.58 Å². The second-order valence-corrected chi connectivity index (χ2v) is 2.34. The number of alkyl halides is 3. The van der Waals surface area contributed by atoms with Crippen LogP contribution in [0.1, 0.15) is 6.42 Å². The van der Waals surface area contributed by atoms with E-state index >= 15 is 0 Å². The molecule has 74 valence electrons. The summed E-state index contributed by atoms with van der Waals surface area (Å²) in [5, 5.41) is 0. The molecule has 2 N–H and O–H groups in total. The van der Waals surface area contributed by atoms with E-state index < -0.39 is 11.7 Å². The Morgan fingerprint density at radius 1 is 1.38 bits per heavy atom. The minimum atomic E-state index is -4.32. The van der Waals surface area contributed by atoms with Crippen LogP contribution in [0.3, 0.4) is 0 Å². The highest BCUT2D eigenvalue weighted by Crippen LogP contribution is 2.26. The first-order chi connectivity index (χ1) is 6.02. The van der Waals surface area contributed by atoms with Crippen molar-refractivity contribution < 1.29 is 13.2 Å². The van der Waals surface area contributed by atoms with Gasteiger partial charge in [-0.25, -0.2) is 0 Å². The Hall–Kier alpha value is -1.03. The molecule has 0 saturated heterocycles. The summed E-state index contributed by atoms with van der Waals surface area (Å²) in [6.45, 7) is 3.55. The van der Waals surface area contributed by atoms with Crippen molar-refractivity contribution in [1.29, 1.82) is 0 Å². The minimum Gasteiger partial charge on any atom is -0.330 e. The van der Waals surface area contributed by atoms with Crippen LogP contribution < -0.4 is 5.73 Å². The van der Waals surface area contributed by atoms with Crippen molar-refractivity contribution in [3.63, 3.8) is 0 Å². The van der Waals surface area contributed by atoms with Gasteiger partial charge in [0, 0.05) is 0 Å². The molecule has 13 heavy (non-hydrogen) atoms. The Kier molecular flexibility index (Phi) is 5.14. The third kappa shape index (κ3) is 5.25. The molecule has 0 amide bonds. The van der Waals surface area contributed by atoms with Crippen LogP contribution in [-0.4, -0.2) is 12.7 Å². The summed E-state index contributed by atoms with van der Waals surface area (Å²) in [5.41, 5.74) is 4.41. The highest BCUT2D eigenvalue weighted by molar-refractivity contribution is 5.27. The maximum absolute atomic E-state index is 12.1. The van der Waals surface area contributed by atoms with E-state index in [-0.39, 0.29) is 0 Å². The first kappa shape index (κ1) is 12.0. The molecule has 0 heterocycles. The van der Waals surface area contributed by atoms with Gasteiger partial charge in [0.15, 0.2) is 0 Å². The lowest BCUT2D eigenvalue weighted by molar-refractivity contribution is -0.0881. The number of rotatable bonds is 4. The molecule has 1 nitrogen and oxygen atoms in total. The molecule has 0 unspecified atom stereocenters. The van der Waals surface area contributed by atoms with E-state index in [4.69, 9.17) is 5.73 Å². The summed E-state index contributed by atoms with van der Waals surface area (Å²) < 4.78 is 36.4. The topological polar surface area (TPSA) is 26.0 Å². The van der Waals surface area contributed by atoms with Gasteiger partial charge in [-0.05, 0) is 13.0 Å². The predicted octanol–water partition coefficient (Wildman–Crippen LogP) is 2.57. The monoisotopic (exact) mass is 191 g/mol. The number of halogens is 3. The average Bonchev–Trinajstić information content (AvgIpc) is 2.01. The molecular weight excluding hydrogens is 179 g/mol. The van der Waals surface area contributed by atoms with Gasteiger partial charge in [0.1, 0.15) is 0 Å². The second kappa shape index (κ2) is 5.59. The number of hydrogen-bond donors (Lipinski definition) is 1. The fourth-order valence-electron chi connectivity index (χ4n) is 0.678. The molecule has 0 radical (unpaired) electrons. The minimum absolute atomic E-state index is 0.343. The number of hydrogen-bond acceptors (Lipinski definition) is 1. The highest BCUT2D eigenvalue weighted by atomic mass is 19.4. The smallest absolute Gasteiger partial charge is 0.330 e. The van der Waals surface area contributed by atoms with E-state index in [9.17, 15) is 13.2 Å². The molecule has 0 aromatic carbocycles. The van der Waals surface area contributed by atoms with Gasteiger partial charge in [0.05, 0.1) is 5.57 Å². The van der Waals surface area contributed by atoms with Crippen LogP contribution in [0, 0.1) is 0 Å². The molecular formula is C9H12F3N. The molecule has 0 aliphatic heterocycles. The molecule has 4 heteroatoms. The van der Waals surface area contributed by atoms with Crippen LogP contribution in [0.25, 0.3) is 0 Å². The zero-order chi connectivity index (χ0) is 10.3. The molecule has 0 atom stereocenters. The van der Waals surface area contributed by atoms with Crippen molar-refractivity contribution in [2.24, 2.45) is 5.73 Å². The van der Waals surface area contributed by atoms with Gasteiger partial charge in [-0.1, -0.05) is 30.9 Å². The molecule has 0 fully saturated rings.